The summed E-state index contributed by atoms with van der Waals surface area (Å²) in [5.41, 5.74) is 0. The number of aryl methyl sites for hydroxylation is 1. The average molecular weight is 495 g/mol. The fourth-order valence-electron chi connectivity index (χ4n) is 3.81. The second-order valence-electron chi connectivity index (χ2n) is 7.77. The third kappa shape index (κ3) is 4.61. The van der Waals surface area contributed by atoms with E-state index in [4.69, 9.17) is 0 Å². The highest BCUT2D eigenvalue weighted by molar-refractivity contribution is 9.10. The lowest BCUT2D eigenvalue weighted by molar-refractivity contribution is 0.312. The van der Waals surface area contributed by atoms with E-state index in [9.17, 15) is 8.42 Å². The van der Waals surface area contributed by atoms with Crippen molar-refractivity contribution in [1.82, 2.24) is 19.2 Å². The van der Waals surface area contributed by atoms with Crippen LogP contribution in [0.2, 0.25) is 0 Å². The van der Waals surface area contributed by atoms with Crippen LogP contribution in [-0.2, 0) is 10.0 Å². The van der Waals surface area contributed by atoms with Gasteiger partial charge in [-0.15, -0.1) is 0 Å². The SMILES string of the molecule is Cc1nc(N2CCN(C)CC2)cc(N2CCN(S(=O)(=O)c3ccc(Br)cc3)CC2)n1. The minimum Gasteiger partial charge on any atom is -0.354 e. The van der Waals surface area contributed by atoms with E-state index < -0.39 is 10.0 Å². The van der Waals surface area contributed by atoms with Crippen molar-refractivity contribution in [3.05, 3.63) is 40.6 Å². The highest BCUT2D eigenvalue weighted by atomic mass is 79.9. The largest absolute Gasteiger partial charge is 0.354 e. The first-order valence-electron chi connectivity index (χ1n) is 10.1. The molecular formula is C20H27BrN6O2S. The van der Waals surface area contributed by atoms with Crippen LogP contribution >= 0.6 is 15.9 Å². The number of aromatic nitrogens is 2. The Morgan fingerprint density at radius 2 is 1.33 bits per heavy atom. The van der Waals surface area contributed by atoms with Gasteiger partial charge in [-0.1, -0.05) is 15.9 Å². The van der Waals surface area contributed by atoms with Gasteiger partial charge in [-0.25, -0.2) is 18.4 Å². The van der Waals surface area contributed by atoms with Crippen molar-refractivity contribution in [3.8, 4) is 0 Å². The predicted molar refractivity (Wildman–Crippen MR) is 122 cm³/mol. The van der Waals surface area contributed by atoms with Crippen LogP contribution in [0.4, 0.5) is 11.6 Å². The Hall–Kier alpha value is -1.75. The number of anilines is 2. The average Bonchev–Trinajstić information content (AvgIpc) is 2.74. The molecule has 3 heterocycles. The number of nitrogens with zero attached hydrogens (tertiary/aromatic N) is 6. The van der Waals surface area contributed by atoms with Crippen LogP contribution in [0.15, 0.2) is 39.7 Å². The van der Waals surface area contributed by atoms with Crippen molar-refractivity contribution in [2.75, 3.05) is 69.2 Å². The van der Waals surface area contributed by atoms with Gasteiger partial charge in [0.15, 0.2) is 0 Å². The number of piperazine rings is 2. The van der Waals surface area contributed by atoms with Crippen molar-refractivity contribution in [2.45, 2.75) is 11.8 Å². The molecule has 162 valence electrons. The predicted octanol–water partition coefficient (Wildman–Crippen LogP) is 1.81. The Labute approximate surface area is 186 Å². The molecule has 1 aromatic carbocycles. The van der Waals surface area contributed by atoms with E-state index >= 15 is 0 Å². The van der Waals surface area contributed by atoms with Gasteiger partial charge in [0.25, 0.3) is 0 Å². The van der Waals surface area contributed by atoms with Crippen molar-refractivity contribution in [1.29, 1.82) is 0 Å². The van der Waals surface area contributed by atoms with Crippen LogP contribution in [0.3, 0.4) is 0 Å². The maximum Gasteiger partial charge on any atom is 0.243 e. The van der Waals surface area contributed by atoms with Gasteiger partial charge in [0, 0.05) is 62.9 Å². The van der Waals surface area contributed by atoms with Crippen molar-refractivity contribution < 1.29 is 8.42 Å². The van der Waals surface area contributed by atoms with Gasteiger partial charge in [0.2, 0.25) is 10.0 Å². The van der Waals surface area contributed by atoms with E-state index in [0.29, 0.717) is 31.1 Å². The summed E-state index contributed by atoms with van der Waals surface area (Å²) in [6.45, 7) is 7.93. The Morgan fingerprint density at radius 3 is 1.87 bits per heavy atom. The minimum atomic E-state index is -3.48. The third-order valence-corrected chi connectivity index (χ3v) is 8.09. The molecular weight excluding hydrogens is 468 g/mol. The van der Waals surface area contributed by atoms with Gasteiger partial charge < -0.3 is 14.7 Å². The molecule has 0 bridgehead atoms. The molecule has 4 rings (SSSR count). The third-order valence-electron chi connectivity index (χ3n) is 5.65. The maximum absolute atomic E-state index is 12.9. The monoisotopic (exact) mass is 494 g/mol. The van der Waals surface area contributed by atoms with E-state index in [2.05, 4.69) is 47.6 Å². The lowest BCUT2D eigenvalue weighted by Gasteiger charge is -2.36. The summed E-state index contributed by atoms with van der Waals surface area (Å²) in [5, 5.41) is 0. The van der Waals surface area contributed by atoms with Crippen molar-refractivity contribution in [3.63, 3.8) is 0 Å². The first kappa shape index (κ1) is 21.5. The molecule has 0 aliphatic carbocycles. The van der Waals surface area contributed by atoms with E-state index in [-0.39, 0.29) is 0 Å². The molecule has 0 saturated carbocycles. The lowest BCUT2D eigenvalue weighted by atomic mass is 10.3. The van der Waals surface area contributed by atoms with Crippen molar-refractivity contribution in [2.24, 2.45) is 0 Å². The summed E-state index contributed by atoms with van der Waals surface area (Å²) in [6, 6.07) is 8.83. The quantitative estimate of drug-likeness (QED) is 0.641. The normalized spacial score (nSPS) is 19.3. The van der Waals surface area contributed by atoms with Gasteiger partial charge in [-0.05, 0) is 38.2 Å². The molecule has 1 aromatic heterocycles. The number of benzene rings is 1. The number of hydrogen-bond acceptors (Lipinski definition) is 7. The highest BCUT2D eigenvalue weighted by Gasteiger charge is 2.29. The maximum atomic E-state index is 12.9. The highest BCUT2D eigenvalue weighted by Crippen LogP contribution is 2.24. The topological polar surface area (TPSA) is 72.9 Å². The molecule has 0 unspecified atom stereocenters. The van der Waals surface area contributed by atoms with Crippen LogP contribution in [0, 0.1) is 6.92 Å². The van der Waals surface area contributed by atoms with Gasteiger partial charge in [-0.2, -0.15) is 4.31 Å². The molecule has 8 nitrogen and oxygen atoms in total. The Balaban J connectivity index is 1.46. The van der Waals surface area contributed by atoms with Crippen molar-refractivity contribution >= 4 is 37.6 Å². The number of hydrogen-bond donors (Lipinski definition) is 0. The van der Waals surface area contributed by atoms with E-state index in [1.165, 1.54) is 0 Å². The Kier molecular flexibility index (Phi) is 6.29. The van der Waals surface area contributed by atoms with Crippen LogP contribution in [0.1, 0.15) is 5.82 Å². The molecule has 2 aromatic rings. The van der Waals surface area contributed by atoms with E-state index in [1.807, 2.05) is 13.0 Å². The molecule has 0 radical (unpaired) electrons. The van der Waals surface area contributed by atoms with E-state index in [0.717, 1.165) is 48.1 Å². The fraction of sp³-hybridized carbons (Fsp3) is 0.500. The van der Waals surface area contributed by atoms with Crippen LogP contribution in [0.25, 0.3) is 0 Å². The molecule has 2 fully saturated rings. The molecule has 2 saturated heterocycles. The molecule has 2 aliphatic rings. The molecule has 10 heteroatoms. The lowest BCUT2D eigenvalue weighted by Crippen LogP contribution is -2.49. The molecule has 2 aliphatic heterocycles. The number of halogens is 1. The summed E-state index contributed by atoms with van der Waals surface area (Å²) in [4.78, 5) is 16.4. The molecule has 0 atom stereocenters. The smallest absolute Gasteiger partial charge is 0.243 e. The number of likely N-dealkylation sites (N-methyl/N-ethyl adjacent to an activating group) is 1. The first-order chi connectivity index (χ1) is 14.3. The number of sulfonamides is 1. The zero-order valence-electron chi connectivity index (χ0n) is 17.3. The standard InChI is InChI=1S/C20H27BrN6O2S/c1-16-22-19(25-9-7-24(2)8-10-25)15-20(23-16)26-11-13-27(14-12-26)30(28,29)18-5-3-17(21)4-6-18/h3-6,15H,7-14H2,1-2H3. The van der Waals surface area contributed by atoms with Gasteiger partial charge in [-0.3, -0.25) is 0 Å². The summed E-state index contributed by atoms with van der Waals surface area (Å²) >= 11 is 3.35. The fourth-order valence-corrected chi connectivity index (χ4v) is 5.50. The van der Waals surface area contributed by atoms with Gasteiger partial charge >= 0.3 is 0 Å². The second-order valence-corrected chi connectivity index (χ2v) is 10.6. The molecule has 0 spiro atoms. The Morgan fingerprint density at radius 1 is 0.833 bits per heavy atom. The zero-order chi connectivity index (χ0) is 21.3. The molecule has 0 amide bonds. The summed E-state index contributed by atoms with van der Waals surface area (Å²) < 4.78 is 28.3. The first-order valence-corrected chi connectivity index (χ1v) is 12.4. The summed E-state index contributed by atoms with van der Waals surface area (Å²) in [7, 11) is -1.35. The van der Waals surface area contributed by atoms with Crippen LogP contribution in [-0.4, -0.2) is 87.0 Å². The number of rotatable bonds is 4. The van der Waals surface area contributed by atoms with Crippen LogP contribution < -0.4 is 9.80 Å². The zero-order valence-corrected chi connectivity index (χ0v) is 19.7. The summed E-state index contributed by atoms with van der Waals surface area (Å²) in [6.07, 6.45) is 0. The molecule has 0 N–H and O–H groups in total. The molecule has 30 heavy (non-hydrogen) atoms. The second kappa shape index (κ2) is 8.78. The van der Waals surface area contributed by atoms with E-state index in [1.54, 1.807) is 28.6 Å². The summed E-state index contributed by atoms with van der Waals surface area (Å²) in [5.74, 6) is 2.57. The van der Waals surface area contributed by atoms with Crippen LogP contribution in [0.5, 0.6) is 0 Å². The Bertz CT molecular complexity index is 985. The minimum absolute atomic E-state index is 0.328. The van der Waals surface area contributed by atoms with Gasteiger partial charge in [0.05, 0.1) is 4.90 Å². The van der Waals surface area contributed by atoms with Gasteiger partial charge in [0.1, 0.15) is 17.5 Å².